The van der Waals surface area contributed by atoms with E-state index in [2.05, 4.69) is 38.2 Å². The summed E-state index contributed by atoms with van der Waals surface area (Å²) < 4.78 is 0. The first kappa shape index (κ1) is 11.3. The largest absolute Gasteiger partial charge is 0.316 e. The van der Waals surface area contributed by atoms with Gasteiger partial charge in [0.2, 0.25) is 0 Å². The Morgan fingerprint density at radius 2 is 1.93 bits per heavy atom. The Morgan fingerprint density at radius 3 is 2.36 bits per heavy atom. The summed E-state index contributed by atoms with van der Waals surface area (Å²) in [4.78, 5) is 0. The van der Waals surface area contributed by atoms with E-state index in [0.717, 1.165) is 6.54 Å². The van der Waals surface area contributed by atoms with Crippen molar-refractivity contribution in [3.63, 3.8) is 0 Å². The van der Waals surface area contributed by atoms with E-state index >= 15 is 0 Å². The van der Waals surface area contributed by atoms with Crippen molar-refractivity contribution in [3.05, 3.63) is 34.4 Å². The van der Waals surface area contributed by atoms with Crippen molar-refractivity contribution in [3.8, 4) is 0 Å². The van der Waals surface area contributed by atoms with Crippen LogP contribution in [0.5, 0.6) is 0 Å². The molecule has 14 heavy (non-hydrogen) atoms. The molecule has 0 saturated heterocycles. The second-order valence-corrected chi connectivity index (χ2v) is 4.17. The lowest BCUT2D eigenvalue weighted by Gasteiger charge is -2.16. The Labute approximate surface area is 87.6 Å². The average Bonchev–Trinajstić information content (AvgIpc) is 2.18. The zero-order chi connectivity index (χ0) is 10.6. The highest BCUT2D eigenvalue weighted by atomic mass is 14.8. The van der Waals surface area contributed by atoms with Crippen molar-refractivity contribution in [1.29, 1.82) is 0 Å². The van der Waals surface area contributed by atoms with Crippen molar-refractivity contribution in [2.45, 2.75) is 33.6 Å². The number of likely N-dealkylation sites (N-methyl/N-ethyl adjacent to an activating group) is 1. The van der Waals surface area contributed by atoms with E-state index in [4.69, 9.17) is 0 Å². The van der Waals surface area contributed by atoms with Gasteiger partial charge in [-0.25, -0.2) is 0 Å². The van der Waals surface area contributed by atoms with Crippen molar-refractivity contribution >= 4 is 0 Å². The third-order valence-electron chi connectivity index (χ3n) is 2.87. The molecule has 1 aliphatic carbocycles. The van der Waals surface area contributed by atoms with Crippen molar-refractivity contribution in [2.24, 2.45) is 0 Å². The molecule has 0 aliphatic heterocycles. The highest BCUT2D eigenvalue weighted by Gasteiger charge is 2.07. The summed E-state index contributed by atoms with van der Waals surface area (Å²) in [6.45, 7) is 7.61. The summed E-state index contributed by atoms with van der Waals surface area (Å²) in [5.74, 6) is 0. The third-order valence-corrected chi connectivity index (χ3v) is 2.87. The minimum Gasteiger partial charge on any atom is -0.316 e. The van der Waals surface area contributed by atoms with Crippen LogP contribution in [0.2, 0.25) is 0 Å². The molecule has 0 spiro atoms. The lowest BCUT2D eigenvalue weighted by molar-refractivity contribution is 0.800. The molecule has 0 bridgehead atoms. The van der Waals surface area contributed by atoms with E-state index in [-0.39, 0.29) is 0 Å². The van der Waals surface area contributed by atoms with Crippen LogP contribution in [-0.4, -0.2) is 13.6 Å². The maximum atomic E-state index is 3.19. The van der Waals surface area contributed by atoms with E-state index in [1.165, 1.54) is 35.1 Å². The molecular formula is C13H21N. The Hall–Kier alpha value is -0.820. The number of hydrogen-bond donors (Lipinski definition) is 1. The second-order valence-electron chi connectivity index (χ2n) is 4.17. The molecule has 0 heterocycles. The highest BCUT2D eigenvalue weighted by molar-refractivity contribution is 5.38. The monoisotopic (exact) mass is 191 g/mol. The maximum Gasteiger partial charge on any atom is 0.0164 e. The van der Waals surface area contributed by atoms with Gasteiger partial charge in [-0.15, -0.1) is 0 Å². The second kappa shape index (κ2) is 5.16. The molecule has 1 nitrogen and oxygen atoms in total. The highest BCUT2D eigenvalue weighted by Crippen LogP contribution is 2.25. The average molecular weight is 191 g/mol. The van der Waals surface area contributed by atoms with Crippen LogP contribution in [0.1, 0.15) is 33.6 Å². The van der Waals surface area contributed by atoms with Crippen LogP contribution in [0.25, 0.3) is 0 Å². The first-order valence-electron chi connectivity index (χ1n) is 5.32. The van der Waals surface area contributed by atoms with Crippen LogP contribution in [0.3, 0.4) is 0 Å². The van der Waals surface area contributed by atoms with Gasteiger partial charge in [0.15, 0.2) is 0 Å². The van der Waals surface area contributed by atoms with Gasteiger partial charge < -0.3 is 5.32 Å². The number of rotatable bonds is 3. The van der Waals surface area contributed by atoms with E-state index in [0.29, 0.717) is 0 Å². The van der Waals surface area contributed by atoms with Gasteiger partial charge in [0.05, 0.1) is 0 Å². The van der Waals surface area contributed by atoms with Gasteiger partial charge in [-0.05, 0) is 51.8 Å². The summed E-state index contributed by atoms with van der Waals surface area (Å²) in [6.07, 6.45) is 6.95. The van der Waals surface area contributed by atoms with Crippen LogP contribution < -0.4 is 5.32 Å². The van der Waals surface area contributed by atoms with Crippen LogP contribution in [-0.2, 0) is 0 Å². The van der Waals surface area contributed by atoms with Crippen molar-refractivity contribution in [1.82, 2.24) is 5.32 Å². The van der Waals surface area contributed by atoms with Gasteiger partial charge >= 0.3 is 0 Å². The molecule has 0 aromatic heterocycles. The molecule has 1 N–H and O–H groups in total. The molecule has 0 unspecified atom stereocenters. The normalized spacial score (nSPS) is 16.0. The minimum atomic E-state index is 1.03. The van der Waals surface area contributed by atoms with Gasteiger partial charge in [-0.1, -0.05) is 23.3 Å². The number of allylic oxidation sites excluding steroid dienone is 5. The van der Waals surface area contributed by atoms with Crippen LogP contribution in [0, 0.1) is 0 Å². The predicted molar refractivity (Wildman–Crippen MR) is 63.4 cm³/mol. The standard InChI is InChI=1S/C13H21N/c1-10(2)11(3)13-7-5-12(6-8-13)9-14-4/h5,7,14H,6,8-9H2,1-4H3. The topological polar surface area (TPSA) is 12.0 Å². The molecule has 0 aromatic carbocycles. The predicted octanol–water partition coefficient (Wildman–Crippen LogP) is 3.21. The molecule has 0 aromatic rings. The third kappa shape index (κ3) is 2.85. The number of nitrogens with one attached hydrogen (secondary N) is 1. The first-order valence-corrected chi connectivity index (χ1v) is 5.32. The summed E-state index contributed by atoms with van der Waals surface area (Å²) in [6, 6.07) is 0. The van der Waals surface area contributed by atoms with Crippen molar-refractivity contribution < 1.29 is 0 Å². The lowest BCUT2D eigenvalue weighted by atomic mass is 9.92. The molecule has 1 aliphatic rings. The van der Waals surface area contributed by atoms with Crippen LogP contribution in [0.15, 0.2) is 34.4 Å². The van der Waals surface area contributed by atoms with E-state index < -0.39 is 0 Å². The van der Waals surface area contributed by atoms with E-state index in [1.807, 2.05) is 7.05 Å². The Kier molecular flexibility index (Phi) is 4.15. The zero-order valence-corrected chi connectivity index (χ0v) is 9.78. The molecule has 0 atom stereocenters. The van der Waals surface area contributed by atoms with Crippen molar-refractivity contribution in [2.75, 3.05) is 13.6 Å². The van der Waals surface area contributed by atoms with Crippen LogP contribution in [0.4, 0.5) is 0 Å². The molecule has 0 fully saturated rings. The Morgan fingerprint density at radius 1 is 1.21 bits per heavy atom. The molecular weight excluding hydrogens is 170 g/mol. The molecule has 0 radical (unpaired) electrons. The maximum absolute atomic E-state index is 3.19. The first-order chi connectivity index (χ1) is 6.65. The van der Waals surface area contributed by atoms with Crippen LogP contribution >= 0.6 is 0 Å². The Balaban J connectivity index is 2.74. The quantitative estimate of drug-likeness (QED) is 0.722. The Bertz CT molecular complexity index is 288. The van der Waals surface area contributed by atoms with E-state index in [9.17, 15) is 0 Å². The summed E-state index contributed by atoms with van der Waals surface area (Å²) >= 11 is 0. The fraction of sp³-hybridized carbons (Fsp3) is 0.538. The fourth-order valence-corrected chi connectivity index (χ4v) is 1.69. The summed E-state index contributed by atoms with van der Waals surface area (Å²) in [5, 5.41) is 3.19. The molecule has 1 rings (SSSR count). The van der Waals surface area contributed by atoms with Gasteiger partial charge in [-0.3, -0.25) is 0 Å². The fourth-order valence-electron chi connectivity index (χ4n) is 1.69. The van der Waals surface area contributed by atoms with Gasteiger partial charge in [-0.2, -0.15) is 0 Å². The van der Waals surface area contributed by atoms with E-state index in [1.54, 1.807) is 0 Å². The summed E-state index contributed by atoms with van der Waals surface area (Å²) in [7, 11) is 2.00. The van der Waals surface area contributed by atoms with Gasteiger partial charge in [0, 0.05) is 6.54 Å². The van der Waals surface area contributed by atoms with Gasteiger partial charge in [0.25, 0.3) is 0 Å². The van der Waals surface area contributed by atoms with Gasteiger partial charge in [0.1, 0.15) is 0 Å². The molecule has 0 saturated carbocycles. The molecule has 78 valence electrons. The minimum absolute atomic E-state index is 1.03. The zero-order valence-electron chi connectivity index (χ0n) is 9.78. The number of hydrogen-bond acceptors (Lipinski definition) is 1. The smallest absolute Gasteiger partial charge is 0.0164 e. The SMILES string of the molecule is CNCC1=CC=C(C(C)=C(C)C)CC1. The molecule has 1 heteroatoms. The summed E-state index contributed by atoms with van der Waals surface area (Å²) in [5.41, 5.74) is 5.91. The lowest BCUT2D eigenvalue weighted by Crippen LogP contribution is -2.12. The molecule has 0 amide bonds.